The molecule has 0 aromatic carbocycles. The Kier molecular flexibility index (Phi) is 4.94. The molecule has 130 valence electrons. The van der Waals surface area contributed by atoms with Crippen molar-refractivity contribution in [3.8, 4) is 0 Å². The Hall–Kier alpha value is -2.94. The summed E-state index contributed by atoms with van der Waals surface area (Å²) in [5.74, 6) is 0.247. The van der Waals surface area contributed by atoms with Crippen molar-refractivity contribution < 1.29 is 4.79 Å². The second kappa shape index (κ2) is 7.31. The molecular formula is C16H18N6O2S. The maximum absolute atomic E-state index is 12.2. The third-order valence-electron chi connectivity index (χ3n) is 3.53. The Balaban J connectivity index is 1.67. The van der Waals surface area contributed by atoms with Crippen LogP contribution in [0.2, 0.25) is 0 Å². The first-order valence-electron chi connectivity index (χ1n) is 7.61. The molecule has 0 saturated carbocycles. The fourth-order valence-electron chi connectivity index (χ4n) is 2.22. The summed E-state index contributed by atoms with van der Waals surface area (Å²) in [6, 6.07) is 7.14. The maximum Gasteiger partial charge on any atom is 0.269 e. The topological polar surface area (TPSA) is 85.1 Å². The summed E-state index contributed by atoms with van der Waals surface area (Å²) >= 11 is 1.62. The number of aromatic nitrogens is 4. The Labute approximate surface area is 148 Å². The second-order valence-corrected chi connectivity index (χ2v) is 6.64. The normalized spacial score (nSPS) is 10.6. The molecule has 0 aliphatic rings. The number of anilines is 2. The molecule has 3 aromatic rings. The highest BCUT2D eigenvalue weighted by Gasteiger charge is 2.11. The van der Waals surface area contributed by atoms with E-state index in [9.17, 15) is 9.59 Å². The third kappa shape index (κ3) is 4.13. The molecule has 0 aliphatic heterocycles. The molecule has 0 spiro atoms. The number of amides is 1. The number of carbonyl (C=O) groups excluding carboxylic acids is 1. The van der Waals surface area contributed by atoms with Crippen LogP contribution < -0.4 is 15.8 Å². The molecule has 0 aliphatic carbocycles. The molecule has 0 saturated heterocycles. The van der Waals surface area contributed by atoms with E-state index in [-0.39, 0.29) is 18.0 Å². The molecule has 8 nitrogen and oxygen atoms in total. The smallest absolute Gasteiger partial charge is 0.269 e. The lowest BCUT2D eigenvalue weighted by Crippen LogP contribution is -2.30. The summed E-state index contributed by atoms with van der Waals surface area (Å²) in [5.41, 5.74) is 0.365. The minimum absolute atomic E-state index is 0.156. The number of nitrogens with one attached hydrogen (secondary N) is 1. The lowest BCUT2D eigenvalue weighted by Gasteiger charge is -2.12. The predicted octanol–water partition coefficient (Wildman–Crippen LogP) is 1.25. The average Bonchev–Trinajstić information content (AvgIpc) is 3.22. The number of nitrogens with zero attached hydrogens (tertiary/aromatic N) is 5. The number of hydrogen-bond donors (Lipinski definition) is 1. The van der Waals surface area contributed by atoms with Gasteiger partial charge in [0.05, 0.1) is 24.6 Å². The third-order valence-corrected chi connectivity index (χ3v) is 4.40. The van der Waals surface area contributed by atoms with E-state index < -0.39 is 0 Å². The highest BCUT2D eigenvalue weighted by atomic mass is 32.1. The van der Waals surface area contributed by atoms with Gasteiger partial charge in [0.25, 0.3) is 5.56 Å². The average molecular weight is 358 g/mol. The van der Waals surface area contributed by atoms with Gasteiger partial charge in [0.1, 0.15) is 12.4 Å². The van der Waals surface area contributed by atoms with Crippen LogP contribution in [0.5, 0.6) is 0 Å². The first-order chi connectivity index (χ1) is 12.0. The van der Waals surface area contributed by atoms with Crippen molar-refractivity contribution >= 4 is 28.7 Å². The Morgan fingerprint density at radius 2 is 2.12 bits per heavy atom. The SMILES string of the molecule is CN(C)c1cnn(CC(=O)Nc2ccnn2Cc2cccs2)c(=O)c1. The van der Waals surface area contributed by atoms with Gasteiger partial charge in [-0.3, -0.25) is 9.59 Å². The number of rotatable bonds is 6. The van der Waals surface area contributed by atoms with E-state index in [1.165, 1.54) is 6.07 Å². The molecule has 0 atom stereocenters. The van der Waals surface area contributed by atoms with Crippen LogP contribution in [0.25, 0.3) is 0 Å². The van der Waals surface area contributed by atoms with E-state index in [1.54, 1.807) is 39.4 Å². The molecule has 0 unspecified atom stereocenters. The Bertz CT molecular complexity index is 913. The van der Waals surface area contributed by atoms with Crippen LogP contribution in [-0.2, 0) is 17.9 Å². The first kappa shape index (κ1) is 16.9. The maximum atomic E-state index is 12.2. The summed E-state index contributed by atoms with van der Waals surface area (Å²) in [4.78, 5) is 27.2. The second-order valence-electron chi connectivity index (χ2n) is 5.61. The first-order valence-corrected chi connectivity index (χ1v) is 8.49. The molecule has 9 heteroatoms. The van der Waals surface area contributed by atoms with E-state index in [4.69, 9.17) is 0 Å². The van der Waals surface area contributed by atoms with Crippen molar-refractivity contribution in [2.24, 2.45) is 0 Å². The zero-order valence-electron chi connectivity index (χ0n) is 13.9. The molecule has 1 amide bonds. The van der Waals surface area contributed by atoms with Crippen molar-refractivity contribution in [1.82, 2.24) is 19.6 Å². The fourth-order valence-corrected chi connectivity index (χ4v) is 2.91. The summed E-state index contributed by atoms with van der Waals surface area (Å²) in [6.45, 7) is 0.423. The largest absolute Gasteiger partial charge is 0.376 e. The molecule has 0 bridgehead atoms. The van der Waals surface area contributed by atoms with Gasteiger partial charge < -0.3 is 10.2 Å². The zero-order chi connectivity index (χ0) is 17.8. The van der Waals surface area contributed by atoms with Crippen LogP contribution in [0.1, 0.15) is 4.88 Å². The molecule has 0 radical (unpaired) electrons. The van der Waals surface area contributed by atoms with Gasteiger partial charge in [-0.1, -0.05) is 6.07 Å². The molecular weight excluding hydrogens is 340 g/mol. The highest BCUT2D eigenvalue weighted by molar-refractivity contribution is 7.09. The van der Waals surface area contributed by atoms with E-state index in [2.05, 4.69) is 15.5 Å². The van der Waals surface area contributed by atoms with Gasteiger partial charge in [0.2, 0.25) is 5.91 Å². The molecule has 3 aromatic heterocycles. The van der Waals surface area contributed by atoms with Gasteiger partial charge in [0.15, 0.2) is 0 Å². The van der Waals surface area contributed by atoms with Gasteiger partial charge in [-0.25, -0.2) is 9.36 Å². The minimum Gasteiger partial charge on any atom is -0.376 e. The molecule has 1 N–H and O–H groups in total. The van der Waals surface area contributed by atoms with Crippen LogP contribution >= 0.6 is 11.3 Å². The van der Waals surface area contributed by atoms with Crippen LogP contribution in [0.4, 0.5) is 11.5 Å². The van der Waals surface area contributed by atoms with Gasteiger partial charge in [0, 0.05) is 31.1 Å². The van der Waals surface area contributed by atoms with Crippen molar-refractivity contribution in [2.45, 2.75) is 13.1 Å². The number of hydrogen-bond acceptors (Lipinski definition) is 6. The van der Waals surface area contributed by atoms with Gasteiger partial charge in [-0.05, 0) is 11.4 Å². The van der Waals surface area contributed by atoms with Crippen molar-refractivity contribution in [1.29, 1.82) is 0 Å². The van der Waals surface area contributed by atoms with Crippen LogP contribution in [-0.4, -0.2) is 39.6 Å². The summed E-state index contributed by atoms with van der Waals surface area (Å²) in [6.07, 6.45) is 3.18. The lowest BCUT2D eigenvalue weighted by atomic mass is 10.4. The van der Waals surface area contributed by atoms with Gasteiger partial charge >= 0.3 is 0 Å². The molecule has 0 fully saturated rings. The molecule has 25 heavy (non-hydrogen) atoms. The molecule has 3 rings (SSSR count). The summed E-state index contributed by atoms with van der Waals surface area (Å²) in [5, 5.41) is 13.0. The van der Waals surface area contributed by atoms with Gasteiger partial charge in [-0.15, -0.1) is 11.3 Å². The summed E-state index contributed by atoms with van der Waals surface area (Å²) in [7, 11) is 3.64. The Morgan fingerprint density at radius 3 is 2.80 bits per heavy atom. The lowest BCUT2D eigenvalue weighted by molar-refractivity contribution is -0.117. The van der Waals surface area contributed by atoms with Gasteiger partial charge in [-0.2, -0.15) is 10.2 Å². The van der Waals surface area contributed by atoms with Crippen LogP contribution in [0.3, 0.4) is 0 Å². The van der Waals surface area contributed by atoms with Crippen molar-refractivity contribution in [3.63, 3.8) is 0 Å². The van der Waals surface area contributed by atoms with E-state index >= 15 is 0 Å². The van der Waals surface area contributed by atoms with E-state index in [0.29, 0.717) is 18.1 Å². The minimum atomic E-state index is -0.333. The predicted molar refractivity (Wildman–Crippen MR) is 97.1 cm³/mol. The zero-order valence-corrected chi connectivity index (χ0v) is 14.7. The van der Waals surface area contributed by atoms with Crippen molar-refractivity contribution in [2.75, 3.05) is 24.3 Å². The van der Waals surface area contributed by atoms with Crippen LogP contribution in [0, 0.1) is 0 Å². The Morgan fingerprint density at radius 1 is 1.28 bits per heavy atom. The monoisotopic (exact) mass is 358 g/mol. The summed E-state index contributed by atoms with van der Waals surface area (Å²) < 4.78 is 2.83. The molecule has 3 heterocycles. The number of thiophene rings is 1. The quantitative estimate of drug-likeness (QED) is 0.717. The fraction of sp³-hybridized carbons (Fsp3) is 0.250. The van der Waals surface area contributed by atoms with Crippen molar-refractivity contribution in [3.05, 3.63) is 57.3 Å². The van der Waals surface area contributed by atoms with Crippen LogP contribution in [0.15, 0.2) is 46.8 Å². The number of carbonyl (C=O) groups is 1. The van der Waals surface area contributed by atoms with E-state index in [1.807, 2.05) is 31.6 Å². The highest BCUT2D eigenvalue weighted by Crippen LogP contribution is 2.14. The standard InChI is InChI=1S/C16H18N6O2S/c1-20(2)12-8-16(24)22(18-9-12)11-15(23)19-14-5-6-17-21(14)10-13-4-3-7-25-13/h3-9H,10-11H2,1-2H3,(H,19,23). The van der Waals surface area contributed by atoms with E-state index in [0.717, 1.165) is 9.56 Å².